The fraction of sp³-hybridized carbons (Fsp3) is 0.556. The van der Waals surface area contributed by atoms with Gasteiger partial charge in [0, 0.05) is 0 Å². The maximum Gasteiger partial charge on any atom is 0.159 e. The van der Waals surface area contributed by atoms with Crippen molar-refractivity contribution in [1.82, 2.24) is 0 Å². The molecule has 3 heteroatoms. The molecule has 21 heavy (non-hydrogen) atoms. The van der Waals surface area contributed by atoms with Crippen molar-refractivity contribution in [2.75, 3.05) is 6.67 Å². The Morgan fingerprint density at radius 2 is 1.81 bits per heavy atom. The van der Waals surface area contributed by atoms with Gasteiger partial charge in [-0.25, -0.2) is 8.78 Å². The monoisotopic (exact) mass is 296 g/mol. The van der Waals surface area contributed by atoms with E-state index in [1.807, 2.05) is 6.08 Å². The van der Waals surface area contributed by atoms with Crippen LogP contribution in [-0.2, 0) is 6.42 Å². The largest absolute Gasteiger partial charge is 0.251 e. The fourth-order valence-electron chi connectivity index (χ4n) is 3.09. The highest BCUT2D eigenvalue weighted by molar-refractivity contribution is 5.17. The molecule has 0 heterocycles. The molecule has 2 rings (SSSR count). The van der Waals surface area contributed by atoms with Crippen molar-refractivity contribution in [2.24, 2.45) is 11.8 Å². The molecule has 0 atom stereocenters. The zero-order valence-electron chi connectivity index (χ0n) is 12.3. The minimum absolute atomic E-state index is 0.278. The first-order valence-corrected chi connectivity index (χ1v) is 7.85. The minimum Gasteiger partial charge on any atom is -0.251 e. The lowest BCUT2D eigenvalue weighted by atomic mass is 9.79. The van der Waals surface area contributed by atoms with Crippen LogP contribution >= 0.6 is 0 Å². The number of benzene rings is 1. The SMILES string of the molecule is FCCC=CC1CCC(CCc2ccc(F)c(F)c2)CC1. The molecule has 0 aliphatic heterocycles. The van der Waals surface area contributed by atoms with Crippen LogP contribution in [0.3, 0.4) is 0 Å². The smallest absolute Gasteiger partial charge is 0.159 e. The summed E-state index contributed by atoms with van der Waals surface area (Å²) in [6.07, 6.45) is 11.1. The summed E-state index contributed by atoms with van der Waals surface area (Å²) in [5, 5.41) is 0. The van der Waals surface area contributed by atoms with Gasteiger partial charge in [0.1, 0.15) is 0 Å². The molecule has 1 aromatic carbocycles. The van der Waals surface area contributed by atoms with Crippen LogP contribution in [-0.4, -0.2) is 6.67 Å². The van der Waals surface area contributed by atoms with Gasteiger partial charge in [-0.05, 0) is 74.5 Å². The van der Waals surface area contributed by atoms with E-state index in [0.717, 1.165) is 31.2 Å². The molecule has 0 aromatic heterocycles. The Labute approximate surface area is 125 Å². The Morgan fingerprint density at radius 1 is 1.05 bits per heavy atom. The number of rotatable bonds is 6. The predicted molar refractivity (Wildman–Crippen MR) is 79.9 cm³/mol. The van der Waals surface area contributed by atoms with Gasteiger partial charge in [0.2, 0.25) is 0 Å². The average Bonchev–Trinajstić information content (AvgIpc) is 2.50. The van der Waals surface area contributed by atoms with Crippen LogP contribution in [0.5, 0.6) is 0 Å². The van der Waals surface area contributed by atoms with Gasteiger partial charge in [0.25, 0.3) is 0 Å². The fourth-order valence-corrected chi connectivity index (χ4v) is 3.09. The molecule has 116 valence electrons. The van der Waals surface area contributed by atoms with Gasteiger partial charge in [0.15, 0.2) is 11.6 Å². The molecule has 0 nitrogen and oxygen atoms in total. The maximum atomic E-state index is 13.1. The van der Waals surface area contributed by atoms with E-state index in [-0.39, 0.29) is 6.67 Å². The van der Waals surface area contributed by atoms with Gasteiger partial charge >= 0.3 is 0 Å². The molecule has 0 radical (unpaired) electrons. The molecule has 0 unspecified atom stereocenters. The number of hydrogen-bond donors (Lipinski definition) is 0. The molecular weight excluding hydrogens is 273 g/mol. The van der Waals surface area contributed by atoms with Gasteiger partial charge < -0.3 is 0 Å². The Kier molecular flexibility index (Phi) is 6.34. The topological polar surface area (TPSA) is 0 Å². The first-order chi connectivity index (χ1) is 10.2. The Morgan fingerprint density at radius 3 is 2.48 bits per heavy atom. The number of aryl methyl sites for hydroxylation is 1. The lowest BCUT2D eigenvalue weighted by Crippen LogP contribution is -2.13. The normalized spacial score (nSPS) is 22.8. The Hall–Kier alpha value is -1.25. The van der Waals surface area contributed by atoms with Crippen LogP contribution in [0.15, 0.2) is 30.4 Å². The summed E-state index contributed by atoms with van der Waals surface area (Å²) >= 11 is 0. The van der Waals surface area contributed by atoms with E-state index in [2.05, 4.69) is 6.08 Å². The second-order valence-electron chi connectivity index (χ2n) is 5.97. The molecule has 0 N–H and O–H groups in total. The van der Waals surface area contributed by atoms with Crippen LogP contribution < -0.4 is 0 Å². The standard InChI is InChI=1S/C18H23F3/c19-12-2-1-3-14-4-6-15(7-5-14)8-9-16-10-11-17(20)18(21)13-16/h1,3,10-11,13-15H,2,4-9,12H2. The van der Waals surface area contributed by atoms with Crippen molar-refractivity contribution < 1.29 is 13.2 Å². The van der Waals surface area contributed by atoms with Gasteiger partial charge in [-0.1, -0.05) is 18.2 Å². The van der Waals surface area contributed by atoms with Crippen LogP contribution in [0.25, 0.3) is 0 Å². The summed E-state index contributed by atoms with van der Waals surface area (Å²) in [6, 6.07) is 4.18. The van der Waals surface area contributed by atoms with Crippen LogP contribution in [0.4, 0.5) is 13.2 Å². The summed E-state index contributed by atoms with van der Waals surface area (Å²) < 4.78 is 38.0. The quantitative estimate of drug-likeness (QED) is 0.598. The summed E-state index contributed by atoms with van der Waals surface area (Å²) in [4.78, 5) is 0. The van der Waals surface area contributed by atoms with E-state index in [0.29, 0.717) is 18.3 Å². The van der Waals surface area contributed by atoms with Crippen molar-refractivity contribution in [3.8, 4) is 0 Å². The highest BCUT2D eigenvalue weighted by atomic mass is 19.2. The Balaban J connectivity index is 1.72. The van der Waals surface area contributed by atoms with E-state index in [1.165, 1.54) is 25.0 Å². The lowest BCUT2D eigenvalue weighted by Gasteiger charge is -2.26. The molecule has 0 amide bonds. The molecule has 0 bridgehead atoms. The third kappa shape index (κ3) is 5.22. The number of halogens is 3. The van der Waals surface area contributed by atoms with Crippen molar-refractivity contribution in [2.45, 2.75) is 44.9 Å². The minimum atomic E-state index is -0.778. The van der Waals surface area contributed by atoms with E-state index >= 15 is 0 Å². The van der Waals surface area contributed by atoms with E-state index in [1.54, 1.807) is 6.07 Å². The van der Waals surface area contributed by atoms with Crippen molar-refractivity contribution >= 4 is 0 Å². The Bertz CT molecular complexity index is 460. The van der Waals surface area contributed by atoms with Crippen molar-refractivity contribution in [3.05, 3.63) is 47.5 Å². The summed E-state index contributed by atoms with van der Waals surface area (Å²) in [7, 11) is 0. The summed E-state index contributed by atoms with van der Waals surface area (Å²) in [5.74, 6) is -0.270. The maximum absolute atomic E-state index is 13.1. The second kappa shape index (κ2) is 8.26. The number of hydrogen-bond acceptors (Lipinski definition) is 0. The molecule has 0 saturated heterocycles. The third-order valence-corrected chi connectivity index (χ3v) is 4.40. The zero-order chi connectivity index (χ0) is 15.1. The first-order valence-electron chi connectivity index (χ1n) is 7.85. The number of alkyl halides is 1. The molecule has 0 spiro atoms. The first kappa shape index (κ1) is 16.1. The summed E-state index contributed by atoms with van der Waals surface area (Å²) in [6.45, 7) is -0.278. The second-order valence-corrected chi connectivity index (χ2v) is 5.97. The highest BCUT2D eigenvalue weighted by Crippen LogP contribution is 2.32. The van der Waals surface area contributed by atoms with E-state index < -0.39 is 11.6 Å². The molecule has 1 aliphatic carbocycles. The van der Waals surface area contributed by atoms with Crippen LogP contribution in [0.2, 0.25) is 0 Å². The van der Waals surface area contributed by atoms with Crippen LogP contribution in [0.1, 0.15) is 44.1 Å². The van der Waals surface area contributed by atoms with Gasteiger partial charge in [-0.2, -0.15) is 0 Å². The van der Waals surface area contributed by atoms with E-state index in [4.69, 9.17) is 0 Å². The highest BCUT2D eigenvalue weighted by Gasteiger charge is 2.19. The predicted octanol–water partition coefficient (Wildman–Crippen LogP) is 5.62. The van der Waals surface area contributed by atoms with Gasteiger partial charge in [-0.3, -0.25) is 4.39 Å². The van der Waals surface area contributed by atoms with Gasteiger partial charge in [-0.15, -0.1) is 0 Å². The van der Waals surface area contributed by atoms with Gasteiger partial charge in [0.05, 0.1) is 6.67 Å². The molecule has 1 fully saturated rings. The van der Waals surface area contributed by atoms with Crippen LogP contribution in [0, 0.1) is 23.5 Å². The zero-order valence-corrected chi connectivity index (χ0v) is 12.3. The van der Waals surface area contributed by atoms with Crippen molar-refractivity contribution in [3.63, 3.8) is 0 Å². The number of allylic oxidation sites excluding steroid dienone is 2. The molecule has 1 aromatic rings. The molecule has 1 saturated carbocycles. The molecule has 1 aliphatic rings. The van der Waals surface area contributed by atoms with E-state index in [9.17, 15) is 13.2 Å². The van der Waals surface area contributed by atoms with Crippen molar-refractivity contribution in [1.29, 1.82) is 0 Å². The summed E-state index contributed by atoms with van der Waals surface area (Å²) in [5.41, 5.74) is 0.874. The molecular formula is C18H23F3. The average molecular weight is 296 g/mol. The third-order valence-electron chi connectivity index (χ3n) is 4.40. The lowest BCUT2D eigenvalue weighted by molar-refractivity contribution is 0.295.